The third kappa shape index (κ3) is 17.2. The molecular formula is C14H27NO5P+. The van der Waals surface area contributed by atoms with Crippen LogP contribution < -0.4 is 0 Å². The van der Waals surface area contributed by atoms with Crippen molar-refractivity contribution in [1.29, 1.82) is 0 Å². The van der Waals surface area contributed by atoms with E-state index in [9.17, 15) is 4.57 Å². The van der Waals surface area contributed by atoms with E-state index in [0.29, 0.717) is 30.8 Å². The van der Waals surface area contributed by atoms with Crippen molar-refractivity contribution in [3.8, 4) is 5.75 Å². The average molecular weight is 320 g/mol. The molecule has 21 heavy (non-hydrogen) atoms. The molecule has 122 valence electrons. The van der Waals surface area contributed by atoms with E-state index in [1.807, 2.05) is 14.1 Å². The number of ether oxygens (including phenoxy) is 2. The van der Waals surface area contributed by atoms with Gasteiger partial charge in [0.2, 0.25) is 0 Å². The van der Waals surface area contributed by atoms with Gasteiger partial charge in [0.25, 0.3) is 0 Å². The first-order valence-electron chi connectivity index (χ1n) is 6.52. The molecule has 0 spiro atoms. The molecule has 1 unspecified atom stereocenters. The molecule has 0 radical (unpaired) electrons. The third-order valence-electron chi connectivity index (χ3n) is 2.16. The summed E-state index contributed by atoms with van der Waals surface area (Å²) in [6, 6.07) is 0. The van der Waals surface area contributed by atoms with Crippen LogP contribution in [0.3, 0.4) is 0 Å². The SMILES string of the molecule is C=CCOCC(CO)OCC=C.C[N+](C)(C#P=O)CCO. The molecule has 0 aromatic heterocycles. The van der Waals surface area contributed by atoms with Gasteiger partial charge in [-0.1, -0.05) is 12.2 Å². The molecule has 0 amide bonds. The summed E-state index contributed by atoms with van der Waals surface area (Å²) in [7, 11) is 3.54. The van der Waals surface area contributed by atoms with Crippen LogP contribution in [0.2, 0.25) is 0 Å². The Balaban J connectivity index is 0. The van der Waals surface area contributed by atoms with Crippen LogP contribution >= 0.6 is 7.92 Å². The number of hydrogen-bond acceptors (Lipinski definition) is 5. The molecule has 0 saturated carbocycles. The number of quaternary nitrogens is 1. The Morgan fingerprint density at radius 1 is 1.29 bits per heavy atom. The molecule has 0 rings (SSSR count). The molecule has 7 heteroatoms. The Labute approximate surface area is 128 Å². The maximum atomic E-state index is 9.98. The number of aliphatic hydroxyl groups is 2. The van der Waals surface area contributed by atoms with Crippen LogP contribution in [-0.4, -0.2) is 74.5 Å². The van der Waals surface area contributed by atoms with Gasteiger partial charge in [-0.2, -0.15) is 0 Å². The second-order valence-corrected chi connectivity index (χ2v) is 4.96. The normalized spacial score (nSPS) is 11.6. The van der Waals surface area contributed by atoms with Crippen LogP contribution in [0.25, 0.3) is 0 Å². The zero-order valence-corrected chi connectivity index (χ0v) is 13.8. The Kier molecular flexibility index (Phi) is 16.8. The fourth-order valence-electron chi connectivity index (χ4n) is 1.05. The first kappa shape index (κ1) is 22.6. The molecule has 0 fully saturated rings. The molecule has 0 aliphatic carbocycles. The van der Waals surface area contributed by atoms with Crippen molar-refractivity contribution in [2.45, 2.75) is 6.10 Å². The predicted molar refractivity (Wildman–Crippen MR) is 83.6 cm³/mol. The van der Waals surface area contributed by atoms with E-state index >= 15 is 0 Å². The summed E-state index contributed by atoms with van der Waals surface area (Å²) in [4.78, 5) is 0. The van der Waals surface area contributed by atoms with Gasteiger partial charge < -0.3 is 14.6 Å². The van der Waals surface area contributed by atoms with Gasteiger partial charge in [-0.3, -0.25) is 0 Å². The minimum absolute atomic E-state index is 0.0367. The van der Waals surface area contributed by atoms with Gasteiger partial charge in [-0.05, 0) is 0 Å². The zero-order valence-electron chi connectivity index (χ0n) is 12.9. The molecule has 0 saturated heterocycles. The van der Waals surface area contributed by atoms with Gasteiger partial charge in [0, 0.05) is 0 Å². The van der Waals surface area contributed by atoms with Crippen molar-refractivity contribution in [3.05, 3.63) is 25.3 Å². The van der Waals surface area contributed by atoms with E-state index in [4.69, 9.17) is 19.7 Å². The van der Waals surface area contributed by atoms with E-state index in [-0.39, 0.29) is 27.2 Å². The second kappa shape index (κ2) is 15.7. The first-order valence-corrected chi connectivity index (χ1v) is 7.34. The van der Waals surface area contributed by atoms with Gasteiger partial charge in [-0.25, -0.2) is 0 Å². The molecule has 0 heterocycles. The minimum atomic E-state index is -0.261. The number of rotatable bonds is 10. The third-order valence-corrected chi connectivity index (χ3v) is 2.79. The summed E-state index contributed by atoms with van der Waals surface area (Å²) in [5.74, 6) is 2.62. The maximum absolute atomic E-state index is 9.98. The molecule has 1 atom stereocenters. The fraction of sp³-hybridized carbons (Fsp3) is 0.643. The van der Waals surface area contributed by atoms with Crippen LogP contribution in [0, 0.1) is 5.75 Å². The van der Waals surface area contributed by atoms with Crippen LogP contribution in [0.1, 0.15) is 0 Å². The average Bonchev–Trinajstić information content (AvgIpc) is 2.43. The Morgan fingerprint density at radius 3 is 2.33 bits per heavy atom. The van der Waals surface area contributed by atoms with Crippen molar-refractivity contribution in [2.75, 3.05) is 53.7 Å². The quantitative estimate of drug-likeness (QED) is 0.272. The summed E-state index contributed by atoms with van der Waals surface area (Å²) in [5.41, 5.74) is 0. The van der Waals surface area contributed by atoms with Crippen molar-refractivity contribution in [1.82, 2.24) is 0 Å². The molecule has 0 aromatic rings. The molecule has 0 bridgehead atoms. The van der Waals surface area contributed by atoms with Crippen LogP contribution in [0.4, 0.5) is 0 Å². The molecule has 0 aliphatic rings. The summed E-state index contributed by atoms with van der Waals surface area (Å²) >= 11 is 0. The summed E-state index contributed by atoms with van der Waals surface area (Å²) in [5, 5.41) is 17.3. The number of hydrogen-bond donors (Lipinski definition) is 2. The number of nitrogens with zero attached hydrogens (tertiary/aromatic N) is 1. The Bertz CT molecular complexity index is 367. The monoisotopic (exact) mass is 320 g/mol. The van der Waals surface area contributed by atoms with Crippen LogP contribution in [0.15, 0.2) is 25.3 Å². The van der Waals surface area contributed by atoms with Crippen molar-refractivity contribution in [3.63, 3.8) is 0 Å². The first-order chi connectivity index (χ1) is 9.97. The summed E-state index contributed by atoms with van der Waals surface area (Å²) < 4.78 is 20.6. The van der Waals surface area contributed by atoms with Gasteiger partial charge in [0.05, 0.1) is 26.4 Å². The topological polar surface area (TPSA) is 76.0 Å². The van der Waals surface area contributed by atoms with E-state index in [0.717, 1.165) is 0 Å². The fourth-order valence-corrected chi connectivity index (χ4v) is 1.37. The van der Waals surface area contributed by atoms with Crippen molar-refractivity contribution >= 4 is 7.92 Å². The van der Waals surface area contributed by atoms with Crippen molar-refractivity contribution in [2.24, 2.45) is 0 Å². The Morgan fingerprint density at radius 2 is 1.90 bits per heavy atom. The Hall–Kier alpha value is -0.710. The molecular weight excluding hydrogens is 293 g/mol. The van der Waals surface area contributed by atoms with Gasteiger partial charge >= 0.3 is 55.1 Å². The molecule has 6 nitrogen and oxygen atoms in total. The van der Waals surface area contributed by atoms with Crippen molar-refractivity contribution < 1.29 is 28.7 Å². The zero-order chi connectivity index (χ0) is 16.6. The van der Waals surface area contributed by atoms with Crippen LogP contribution in [0.5, 0.6) is 0 Å². The van der Waals surface area contributed by atoms with Crippen LogP contribution in [-0.2, 0) is 14.0 Å². The molecule has 0 aliphatic heterocycles. The van der Waals surface area contributed by atoms with E-state index in [1.165, 1.54) is 0 Å². The van der Waals surface area contributed by atoms with E-state index in [2.05, 4.69) is 18.9 Å². The molecule has 0 aromatic carbocycles. The van der Waals surface area contributed by atoms with E-state index in [1.54, 1.807) is 12.2 Å². The number of aliphatic hydroxyl groups excluding tert-OH is 2. The second-order valence-electron chi connectivity index (χ2n) is 4.58. The molecule has 2 N–H and O–H groups in total. The summed E-state index contributed by atoms with van der Waals surface area (Å²) in [6.45, 7) is 8.91. The van der Waals surface area contributed by atoms with E-state index < -0.39 is 0 Å². The number of likely N-dealkylation sites (N-methyl/N-ethyl adjacent to an activating group) is 1. The summed E-state index contributed by atoms with van der Waals surface area (Å²) in [6.07, 6.45) is 3.03. The predicted octanol–water partition coefficient (Wildman–Crippen LogP) is 1.02. The van der Waals surface area contributed by atoms with Gasteiger partial charge in [-0.15, -0.1) is 13.2 Å². The van der Waals surface area contributed by atoms with Gasteiger partial charge in [0.1, 0.15) is 6.10 Å². The van der Waals surface area contributed by atoms with Gasteiger partial charge in [0.15, 0.2) is 0 Å². The standard InChI is InChI=1S/C9H16O3.C5H11NO2P/c1-3-5-11-8-9(7-10)12-6-4-2;1-6(2,3-4-7)5-9-8/h3-4,9-10H,1-2,5-8H2;7H,3-4H2,1-2H3/q;+1.